The number of hydrogen-bond donors (Lipinski definition) is 0. The zero-order valence-electron chi connectivity index (χ0n) is 15.9. The highest BCUT2D eigenvalue weighted by Gasteiger charge is 2.46. The number of thioether (sulfide) groups is 1. The molecule has 0 aliphatic carbocycles. The third-order valence-electron chi connectivity index (χ3n) is 3.11. The number of allylic oxidation sites excluding steroid dienone is 1. The van der Waals surface area contributed by atoms with Gasteiger partial charge in [0, 0.05) is 25.6 Å². The molecule has 0 fully saturated rings. The minimum absolute atomic E-state index is 0.0303. The summed E-state index contributed by atoms with van der Waals surface area (Å²) in [6.45, 7) is 14.3. The van der Waals surface area contributed by atoms with Crippen LogP contribution in [-0.4, -0.2) is 28.6 Å². The van der Waals surface area contributed by atoms with Crippen LogP contribution in [0.2, 0.25) is 0 Å². The molecule has 0 spiro atoms. The second-order valence-corrected chi connectivity index (χ2v) is 10.4. The van der Waals surface area contributed by atoms with E-state index in [0.717, 1.165) is 10.3 Å². The molecule has 5 heteroatoms. The summed E-state index contributed by atoms with van der Waals surface area (Å²) >= 11 is 1.78. The SMILES string of the molecule is CCO[Si](OCC)(OCC)/C(=C/C(C)(C)C)SCc1ccccc1. The molecule has 0 heterocycles. The monoisotopic (exact) mass is 368 g/mol. The lowest BCUT2D eigenvalue weighted by Crippen LogP contribution is -2.48. The van der Waals surface area contributed by atoms with Crippen LogP contribution in [0.4, 0.5) is 0 Å². The molecule has 0 bridgehead atoms. The van der Waals surface area contributed by atoms with Crippen molar-refractivity contribution in [3.05, 3.63) is 46.5 Å². The van der Waals surface area contributed by atoms with Gasteiger partial charge in [0.05, 0.1) is 4.53 Å². The normalized spacial score (nSPS) is 13.3. The van der Waals surface area contributed by atoms with Gasteiger partial charge < -0.3 is 13.3 Å². The van der Waals surface area contributed by atoms with Crippen molar-refractivity contribution in [2.45, 2.75) is 47.3 Å². The van der Waals surface area contributed by atoms with Gasteiger partial charge >= 0.3 is 8.80 Å². The highest BCUT2D eigenvalue weighted by Crippen LogP contribution is 2.35. The van der Waals surface area contributed by atoms with Crippen molar-refractivity contribution in [1.82, 2.24) is 0 Å². The third-order valence-corrected chi connectivity index (χ3v) is 7.95. The first kappa shape index (κ1) is 21.4. The van der Waals surface area contributed by atoms with Gasteiger partial charge in [-0.25, -0.2) is 0 Å². The number of rotatable bonds is 10. The van der Waals surface area contributed by atoms with Gasteiger partial charge in [-0.2, -0.15) is 0 Å². The molecule has 0 amide bonds. The quantitative estimate of drug-likeness (QED) is 0.514. The molecule has 0 saturated heterocycles. The molecule has 1 aromatic carbocycles. The van der Waals surface area contributed by atoms with E-state index in [2.05, 4.69) is 51.1 Å². The fourth-order valence-corrected chi connectivity index (χ4v) is 7.09. The summed E-state index contributed by atoms with van der Waals surface area (Å²) in [7, 11) is -2.86. The summed E-state index contributed by atoms with van der Waals surface area (Å²) < 4.78 is 19.5. The number of benzene rings is 1. The van der Waals surface area contributed by atoms with E-state index in [4.69, 9.17) is 13.3 Å². The van der Waals surface area contributed by atoms with Crippen LogP contribution in [0.5, 0.6) is 0 Å². The fourth-order valence-electron chi connectivity index (χ4n) is 2.26. The maximum atomic E-state index is 6.11. The molecular formula is C19H32O3SSi. The van der Waals surface area contributed by atoms with Crippen LogP contribution in [0.15, 0.2) is 40.9 Å². The maximum Gasteiger partial charge on any atom is 0.543 e. The predicted octanol–water partition coefficient (Wildman–Crippen LogP) is 5.44. The molecular weight excluding hydrogens is 336 g/mol. The van der Waals surface area contributed by atoms with Crippen molar-refractivity contribution < 1.29 is 13.3 Å². The Morgan fingerprint density at radius 2 is 1.46 bits per heavy atom. The second kappa shape index (κ2) is 10.4. The lowest BCUT2D eigenvalue weighted by molar-refractivity contribution is 0.0829. The first-order valence-corrected chi connectivity index (χ1v) is 11.4. The van der Waals surface area contributed by atoms with Gasteiger partial charge in [-0.3, -0.25) is 0 Å². The van der Waals surface area contributed by atoms with Gasteiger partial charge in [0.1, 0.15) is 0 Å². The van der Waals surface area contributed by atoms with Gasteiger partial charge in [0.15, 0.2) is 0 Å². The molecule has 0 aromatic heterocycles. The molecule has 24 heavy (non-hydrogen) atoms. The summed E-state index contributed by atoms with van der Waals surface area (Å²) in [6, 6.07) is 10.5. The van der Waals surface area contributed by atoms with Gasteiger partial charge in [0.25, 0.3) is 0 Å². The van der Waals surface area contributed by atoms with Crippen LogP contribution < -0.4 is 0 Å². The Morgan fingerprint density at radius 1 is 0.958 bits per heavy atom. The minimum atomic E-state index is -2.86. The first-order valence-electron chi connectivity index (χ1n) is 8.68. The van der Waals surface area contributed by atoms with E-state index in [1.54, 1.807) is 11.8 Å². The second-order valence-electron chi connectivity index (χ2n) is 6.50. The Balaban J connectivity index is 3.14. The molecule has 0 aliphatic heterocycles. The average molecular weight is 369 g/mol. The third kappa shape index (κ3) is 7.11. The lowest BCUT2D eigenvalue weighted by Gasteiger charge is -2.31. The Hall–Kier alpha value is -0.593. The molecule has 1 aromatic rings. The van der Waals surface area contributed by atoms with Crippen molar-refractivity contribution in [2.75, 3.05) is 19.8 Å². The van der Waals surface area contributed by atoms with Crippen molar-refractivity contribution in [3.63, 3.8) is 0 Å². The summed E-state index contributed by atoms with van der Waals surface area (Å²) in [5.74, 6) is 0.880. The summed E-state index contributed by atoms with van der Waals surface area (Å²) in [6.07, 6.45) is 2.26. The van der Waals surface area contributed by atoms with E-state index in [-0.39, 0.29) is 5.41 Å². The zero-order valence-corrected chi connectivity index (χ0v) is 17.7. The highest BCUT2D eigenvalue weighted by atomic mass is 32.2. The van der Waals surface area contributed by atoms with Gasteiger partial charge in [-0.1, -0.05) is 57.2 Å². The molecule has 3 nitrogen and oxygen atoms in total. The highest BCUT2D eigenvalue weighted by molar-refractivity contribution is 8.04. The zero-order chi connectivity index (χ0) is 18.1. The van der Waals surface area contributed by atoms with E-state index in [1.807, 2.05) is 26.8 Å². The fraction of sp³-hybridized carbons (Fsp3) is 0.579. The summed E-state index contributed by atoms with van der Waals surface area (Å²) in [5, 5.41) is 0. The molecule has 136 valence electrons. The van der Waals surface area contributed by atoms with Crippen LogP contribution in [0.25, 0.3) is 0 Å². The van der Waals surface area contributed by atoms with Crippen LogP contribution in [-0.2, 0) is 19.0 Å². The Kier molecular flexibility index (Phi) is 9.30. The molecule has 0 radical (unpaired) electrons. The van der Waals surface area contributed by atoms with Crippen molar-refractivity contribution in [1.29, 1.82) is 0 Å². The molecule has 0 unspecified atom stereocenters. The van der Waals surface area contributed by atoms with Crippen LogP contribution >= 0.6 is 11.8 Å². The van der Waals surface area contributed by atoms with Gasteiger partial charge in [-0.05, 0) is 31.7 Å². The van der Waals surface area contributed by atoms with E-state index in [0.29, 0.717) is 19.8 Å². The standard InChI is InChI=1S/C19H32O3SSi/c1-7-20-24(21-8-2,22-9-3)18(15-19(4,5)6)23-16-17-13-11-10-12-14-17/h10-15H,7-9,16H2,1-6H3/b18-15+. The minimum Gasteiger partial charge on any atom is -0.370 e. The van der Waals surface area contributed by atoms with Gasteiger partial charge in [-0.15, -0.1) is 11.8 Å². The van der Waals surface area contributed by atoms with E-state index < -0.39 is 8.80 Å². The van der Waals surface area contributed by atoms with Gasteiger partial charge in [0.2, 0.25) is 0 Å². The Labute approximate surface area is 153 Å². The summed E-state index contributed by atoms with van der Waals surface area (Å²) in [4.78, 5) is 0. The molecule has 0 aliphatic rings. The molecule has 0 saturated carbocycles. The predicted molar refractivity (Wildman–Crippen MR) is 106 cm³/mol. The maximum absolute atomic E-state index is 6.11. The number of hydrogen-bond acceptors (Lipinski definition) is 4. The molecule has 0 atom stereocenters. The van der Waals surface area contributed by atoms with Crippen molar-refractivity contribution in [3.8, 4) is 0 Å². The molecule has 1 rings (SSSR count). The molecule has 0 N–H and O–H groups in total. The lowest BCUT2D eigenvalue weighted by atomic mass is 9.98. The largest absolute Gasteiger partial charge is 0.543 e. The Bertz CT molecular complexity index is 480. The first-order chi connectivity index (χ1) is 11.4. The van der Waals surface area contributed by atoms with E-state index >= 15 is 0 Å². The Morgan fingerprint density at radius 3 is 1.88 bits per heavy atom. The van der Waals surface area contributed by atoms with Crippen molar-refractivity contribution in [2.24, 2.45) is 5.41 Å². The van der Waals surface area contributed by atoms with E-state index in [1.165, 1.54) is 5.56 Å². The van der Waals surface area contributed by atoms with E-state index in [9.17, 15) is 0 Å². The topological polar surface area (TPSA) is 27.7 Å². The summed E-state index contributed by atoms with van der Waals surface area (Å²) in [5.41, 5.74) is 1.32. The average Bonchev–Trinajstić information content (AvgIpc) is 2.52. The van der Waals surface area contributed by atoms with Crippen LogP contribution in [0, 0.1) is 5.41 Å². The van der Waals surface area contributed by atoms with Crippen LogP contribution in [0.1, 0.15) is 47.1 Å². The smallest absolute Gasteiger partial charge is 0.370 e. The van der Waals surface area contributed by atoms with Crippen molar-refractivity contribution >= 4 is 20.6 Å². The van der Waals surface area contributed by atoms with Crippen LogP contribution in [0.3, 0.4) is 0 Å².